The van der Waals surface area contributed by atoms with Crippen LogP contribution in [0.5, 0.6) is 0 Å². The average Bonchev–Trinajstić information content (AvgIpc) is 2.79. The second-order valence-corrected chi connectivity index (χ2v) is 6.94. The minimum atomic E-state index is -0.322. The lowest BCUT2D eigenvalue weighted by atomic mass is 10.1. The number of pyridine rings is 1. The highest BCUT2D eigenvalue weighted by atomic mass is 35.5. The van der Waals surface area contributed by atoms with Crippen LogP contribution >= 0.6 is 24.8 Å². The van der Waals surface area contributed by atoms with E-state index in [1.165, 1.54) is 10.8 Å². The van der Waals surface area contributed by atoms with Crippen LogP contribution in [0, 0.1) is 5.41 Å². The maximum absolute atomic E-state index is 13.0. The van der Waals surface area contributed by atoms with Crippen molar-refractivity contribution in [2.24, 2.45) is 5.73 Å². The van der Waals surface area contributed by atoms with Gasteiger partial charge in [0.25, 0.3) is 5.56 Å². The number of hydrogen-bond acceptors (Lipinski definition) is 6. The molecule has 3 rings (SSSR count). The summed E-state index contributed by atoms with van der Waals surface area (Å²) in [6.45, 7) is 2.74. The minimum Gasteiger partial charge on any atom is -0.384 e. The molecule has 0 fully saturated rings. The second kappa shape index (κ2) is 13.2. The number of nitrogens with two attached hydrogens (primary N) is 1. The third-order valence-corrected chi connectivity index (χ3v) is 4.59. The lowest BCUT2D eigenvalue weighted by molar-refractivity contribution is -0.121. The Kier molecular flexibility index (Phi) is 11.0. The number of nitrogens with one attached hydrogen (secondary N) is 3. The van der Waals surface area contributed by atoms with Gasteiger partial charge in [0.05, 0.1) is 6.20 Å². The molecule has 2 heterocycles. The van der Waals surface area contributed by atoms with E-state index in [2.05, 4.69) is 20.6 Å². The Morgan fingerprint density at radius 2 is 1.88 bits per heavy atom. The van der Waals surface area contributed by atoms with Crippen LogP contribution in [0.1, 0.15) is 24.5 Å². The number of benzene rings is 1. The summed E-state index contributed by atoms with van der Waals surface area (Å²) >= 11 is 0. The van der Waals surface area contributed by atoms with Gasteiger partial charge in [0.15, 0.2) is 0 Å². The molecule has 33 heavy (non-hydrogen) atoms. The van der Waals surface area contributed by atoms with E-state index < -0.39 is 0 Å². The fourth-order valence-corrected chi connectivity index (χ4v) is 2.95. The van der Waals surface area contributed by atoms with Crippen LogP contribution in [-0.2, 0) is 17.9 Å². The van der Waals surface area contributed by atoms with Gasteiger partial charge in [0.2, 0.25) is 5.91 Å². The van der Waals surface area contributed by atoms with Gasteiger partial charge in [-0.15, -0.1) is 24.8 Å². The van der Waals surface area contributed by atoms with E-state index in [1.807, 2.05) is 6.92 Å². The molecule has 0 saturated heterocycles. The summed E-state index contributed by atoms with van der Waals surface area (Å²) in [6, 6.07) is 10.6. The number of halogens is 2. The summed E-state index contributed by atoms with van der Waals surface area (Å²) in [5, 5.41) is 13.3. The topological polar surface area (TPSA) is 139 Å². The van der Waals surface area contributed by atoms with E-state index in [9.17, 15) is 9.59 Å². The molecule has 0 aliphatic rings. The monoisotopic (exact) mass is 491 g/mol. The van der Waals surface area contributed by atoms with Crippen molar-refractivity contribution >= 4 is 42.2 Å². The molecule has 0 spiro atoms. The van der Waals surface area contributed by atoms with Gasteiger partial charge >= 0.3 is 0 Å². The summed E-state index contributed by atoms with van der Waals surface area (Å²) < 4.78 is 1.35. The Bertz CT molecular complexity index is 1120. The maximum atomic E-state index is 13.0. The Hall–Kier alpha value is -3.43. The Labute approximate surface area is 204 Å². The molecule has 1 amide bonds. The predicted molar refractivity (Wildman–Crippen MR) is 134 cm³/mol. The zero-order valence-corrected chi connectivity index (χ0v) is 19.7. The standard InChI is InChI=1S/C22H25N7O2.2ClH/c1-2-9-26-18-13-28-21(17-4-3-10-25-12-17)29(22(18)31)14-19(30)27-11-15-5-7-16(8-6-15)20(23)24;;/h3-8,10,12-13,26H,2,9,11,14H2,1H3,(H3,23,24)(H,27,30);2*1H. The zero-order valence-electron chi connectivity index (χ0n) is 18.1. The first-order chi connectivity index (χ1) is 15.0. The van der Waals surface area contributed by atoms with E-state index in [0.29, 0.717) is 29.2 Å². The smallest absolute Gasteiger partial charge is 0.277 e. The molecule has 0 unspecified atom stereocenters. The molecule has 1 aromatic carbocycles. The molecule has 3 aromatic rings. The lowest BCUT2D eigenvalue weighted by Gasteiger charge is -2.14. The average molecular weight is 492 g/mol. The third kappa shape index (κ3) is 7.30. The molecule has 0 radical (unpaired) electrons. The van der Waals surface area contributed by atoms with Crippen LogP contribution in [-0.4, -0.2) is 32.8 Å². The van der Waals surface area contributed by atoms with Crippen molar-refractivity contribution in [3.05, 3.63) is 76.5 Å². The van der Waals surface area contributed by atoms with Crippen LogP contribution < -0.4 is 21.9 Å². The van der Waals surface area contributed by atoms with E-state index >= 15 is 0 Å². The largest absolute Gasteiger partial charge is 0.384 e. The van der Waals surface area contributed by atoms with Crippen LogP contribution in [0.2, 0.25) is 0 Å². The number of rotatable bonds is 9. The first-order valence-corrected chi connectivity index (χ1v) is 9.93. The van der Waals surface area contributed by atoms with Crippen molar-refractivity contribution < 1.29 is 4.79 Å². The van der Waals surface area contributed by atoms with Crippen molar-refractivity contribution in [1.29, 1.82) is 5.41 Å². The quantitative estimate of drug-likeness (QED) is 0.268. The maximum Gasteiger partial charge on any atom is 0.277 e. The summed E-state index contributed by atoms with van der Waals surface area (Å²) in [6.07, 6.45) is 5.58. The van der Waals surface area contributed by atoms with Gasteiger partial charge in [0.1, 0.15) is 23.9 Å². The van der Waals surface area contributed by atoms with Crippen molar-refractivity contribution in [2.45, 2.75) is 26.4 Å². The van der Waals surface area contributed by atoms with Crippen molar-refractivity contribution in [2.75, 3.05) is 11.9 Å². The fourth-order valence-electron chi connectivity index (χ4n) is 2.95. The molecular weight excluding hydrogens is 465 g/mol. The number of nitrogen functional groups attached to an aromatic ring is 1. The van der Waals surface area contributed by atoms with E-state index in [0.717, 1.165) is 12.0 Å². The summed E-state index contributed by atoms with van der Waals surface area (Å²) in [7, 11) is 0. The van der Waals surface area contributed by atoms with Crippen molar-refractivity contribution in [1.82, 2.24) is 19.9 Å². The lowest BCUT2D eigenvalue weighted by Crippen LogP contribution is -2.34. The van der Waals surface area contributed by atoms with Crippen LogP contribution in [0.25, 0.3) is 11.4 Å². The van der Waals surface area contributed by atoms with E-state index in [1.54, 1.807) is 48.8 Å². The molecule has 5 N–H and O–H groups in total. The molecule has 9 nitrogen and oxygen atoms in total. The van der Waals surface area contributed by atoms with Gasteiger partial charge in [-0.25, -0.2) is 4.98 Å². The number of carbonyl (C=O) groups excluding carboxylic acids is 1. The van der Waals surface area contributed by atoms with Crippen molar-refractivity contribution in [3.8, 4) is 11.4 Å². The van der Waals surface area contributed by atoms with Gasteiger partial charge in [0, 0.05) is 36.6 Å². The molecule has 2 aromatic heterocycles. The highest BCUT2D eigenvalue weighted by Crippen LogP contribution is 2.15. The number of carbonyl (C=O) groups is 1. The molecule has 0 atom stereocenters. The van der Waals surface area contributed by atoms with Gasteiger partial charge in [-0.3, -0.25) is 24.5 Å². The number of anilines is 1. The third-order valence-electron chi connectivity index (χ3n) is 4.59. The molecular formula is C22H27Cl2N7O2. The molecule has 0 bridgehead atoms. The van der Waals surface area contributed by atoms with Crippen LogP contribution in [0.15, 0.2) is 59.8 Å². The SMILES string of the molecule is CCCNc1cnc(-c2cccnc2)n(CC(=O)NCc2ccc(C(=N)N)cc2)c1=O.Cl.Cl. The highest BCUT2D eigenvalue weighted by Gasteiger charge is 2.15. The molecule has 176 valence electrons. The Morgan fingerprint density at radius 1 is 1.15 bits per heavy atom. The molecule has 0 aliphatic carbocycles. The predicted octanol–water partition coefficient (Wildman–Crippen LogP) is 2.57. The molecule has 0 saturated carbocycles. The van der Waals surface area contributed by atoms with Crippen molar-refractivity contribution in [3.63, 3.8) is 0 Å². The first kappa shape index (κ1) is 27.6. The Balaban J connectivity index is 0.00000272. The van der Waals surface area contributed by atoms with Gasteiger partial charge in [-0.1, -0.05) is 31.2 Å². The summed E-state index contributed by atoms with van der Waals surface area (Å²) in [5.41, 5.74) is 7.61. The molecule has 0 aliphatic heterocycles. The number of hydrogen-bond donors (Lipinski definition) is 4. The van der Waals surface area contributed by atoms with Crippen LogP contribution in [0.4, 0.5) is 5.69 Å². The highest BCUT2D eigenvalue weighted by molar-refractivity contribution is 5.94. The zero-order chi connectivity index (χ0) is 22.2. The summed E-state index contributed by atoms with van der Waals surface area (Å²) in [4.78, 5) is 34.1. The number of aromatic nitrogens is 3. The van der Waals surface area contributed by atoms with Gasteiger partial charge in [-0.2, -0.15) is 0 Å². The van der Waals surface area contributed by atoms with E-state index in [-0.39, 0.29) is 55.2 Å². The van der Waals surface area contributed by atoms with Crippen LogP contribution in [0.3, 0.4) is 0 Å². The number of amidine groups is 1. The van der Waals surface area contributed by atoms with E-state index in [4.69, 9.17) is 11.1 Å². The Morgan fingerprint density at radius 3 is 2.48 bits per heavy atom. The second-order valence-electron chi connectivity index (χ2n) is 6.94. The summed E-state index contributed by atoms with van der Waals surface area (Å²) in [5.74, 6) is 0.0420. The first-order valence-electron chi connectivity index (χ1n) is 9.93. The fraction of sp³-hybridized carbons (Fsp3) is 0.227. The van der Waals surface area contributed by atoms with Gasteiger partial charge < -0.3 is 16.4 Å². The normalized spacial score (nSPS) is 9.85. The molecule has 11 heteroatoms. The minimum absolute atomic E-state index is 0. The number of nitrogens with zero attached hydrogens (tertiary/aromatic N) is 3. The van der Waals surface area contributed by atoms with Gasteiger partial charge in [-0.05, 0) is 24.1 Å². The number of amides is 1.